The number of likely N-dealkylation sites (tertiary alicyclic amines) is 1. The first kappa shape index (κ1) is 20.6. The summed E-state index contributed by atoms with van der Waals surface area (Å²) in [5.41, 5.74) is 2.55. The van der Waals surface area contributed by atoms with Crippen molar-refractivity contribution in [3.63, 3.8) is 0 Å². The molecule has 0 bridgehead atoms. The van der Waals surface area contributed by atoms with E-state index in [9.17, 15) is 0 Å². The van der Waals surface area contributed by atoms with Crippen molar-refractivity contribution in [2.75, 3.05) is 20.2 Å². The number of ether oxygens (including phenoxy) is 2. The summed E-state index contributed by atoms with van der Waals surface area (Å²) in [4.78, 5) is 4.05. The Morgan fingerprint density at radius 3 is 2.62 bits per heavy atom. The molecule has 1 aromatic heterocycles. The van der Waals surface area contributed by atoms with Crippen LogP contribution in [0.15, 0.2) is 54.1 Å². The van der Waals surface area contributed by atoms with Gasteiger partial charge in [0.15, 0.2) is 0 Å². The van der Waals surface area contributed by atoms with Gasteiger partial charge in [-0.05, 0) is 73.8 Å². The molecule has 2 fully saturated rings. The molecule has 0 spiro atoms. The van der Waals surface area contributed by atoms with Crippen LogP contribution >= 0.6 is 11.3 Å². The number of piperidine rings is 1. The number of thiophene rings is 1. The summed E-state index contributed by atoms with van der Waals surface area (Å²) >= 11 is 1.79. The van der Waals surface area contributed by atoms with E-state index in [-0.39, 0.29) is 0 Å². The van der Waals surface area contributed by atoms with Crippen molar-refractivity contribution < 1.29 is 9.47 Å². The third-order valence-corrected chi connectivity index (χ3v) is 7.36. The molecule has 4 heteroatoms. The molecule has 0 radical (unpaired) electrons. The number of hydrogen-bond acceptors (Lipinski definition) is 4. The van der Waals surface area contributed by atoms with Gasteiger partial charge in [-0.2, -0.15) is 0 Å². The van der Waals surface area contributed by atoms with Crippen molar-refractivity contribution in [2.45, 2.75) is 57.3 Å². The van der Waals surface area contributed by atoms with Crippen molar-refractivity contribution in [3.05, 3.63) is 59.7 Å². The minimum absolute atomic E-state index is 0.334. The molecule has 156 valence electrons. The van der Waals surface area contributed by atoms with Gasteiger partial charge in [0.1, 0.15) is 0 Å². The van der Waals surface area contributed by atoms with E-state index in [0.717, 1.165) is 6.42 Å². The molecular weight excluding hydrogens is 378 g/mol. The highest BCUT2D eigenvalue weighted by Gasteiger charge is 2.39. The third-order valence-electron chi connectivity index (χ3n) is 6.44. The summed E-state index contributed by atoms with van der Waals surface area (Å²) in [7, 11) is 1.72. The lowest BCUT2D eigenvalue weighted by Crippen LogP contribution is -2.43. The third kappa shape index (κ3) is 5.30. The summed E-state index contributed by atoms with van der Waals surface area (Å²) in [5, 5.41) is 2.13. The van der Waals surface area contributed by atoms with Gasteiger partial charge in [-0.1, -0.05) is 36.8 Å². The molecule has 0 amide bonds. The van der Waals surface area contributed by atoms with Crippen LogP contribution in [0.2, 0.25) is 0 Å². The maximum absolute atomic E-state index is 6.49. The second-order valence-electron chi connectivity index (χ2n) is 8.27. The molecular formula is C25H33NO2S. The Kier molecular flexibility index (Phi) is 7.42. The summed E-state index contributed by atoms with van der Waals surface area (Å²) in [6.07, 6.45) is 11.9. The zero-order chi connectivity index (χ0) is 19.9. The Balaban J connectivity index is 1.37. The SMILES string of the molecule is COC=CC[C@H]1[C@H](N2CCCCC2)CC[C@H]1OCc1ccc(-c2cccs2)cc1. The molecule has 2 aliphatic rings. The van der Waals surface area contributed by atoms with Crippen LogP contribution < -0.4 is 0 Å². The minimum atomic E-state index is 0.334. The highest BCUT2D eigenvalue weighted by Crippen LogP contribution is 2.37. The van der Waals surface area contributed by atoms with Gasteiger partial charge in [0.2, 0.25) is 0 Å². The maximum atomic E-state index is 6.49. The average molecular weight is 412 g/mol. The number of nitrogens with zero attached hydrogens (tertiary/aromatic N) is 1. The van der Waals surface area contributed by atoms with Gasteiger partial charge in [0, 0.05) is 16.8 Å². The molecule has 4 rings (SSSR count). The van der Waals surface area contributed by atoms with Gasteiger partial charge in [-0.15, -0.1) is 11.3 Å². The van der Waals surface area contributed by atoms with E-state index in [1.165, 1.54) is 61.2 Å². The first-order valence-electron chi connectivity index (χ1n) is 11.0. The van der Waals surface area contributed by atoms with E-state index in [4.69, 9.17) is 9.47 Å². The highest BCUT2D eigenvalue weighted by atomic mass is 32.1. The van der Waals surface area contributed by atoms with Crippen LogP contribution in [0.25, 0.3) is 10.4 Å². The van der Waals surface area contributed by atoms with Crippen molar-refractivity contribution in [3.8, 4) is 10.4 Å². The van der Waals surface area contributed by atoms with E-state index in [0.29, 0.717) is 24.7 Å². The molecule has 3 atom stereocenters. The largest absolute Gasteiger partial charge is 0.505 e. The zero-order valence-electron chi connectivity index (χ0n) is 17.5. The van der Waals surface area contributed by atoms with Gasteiger partial charge in [0.05, 0.1) is 26.1 Å². The Morgan fingerprint density at radius 2 is 1.90 bits per heavy atom. The summed E-state index contributed by atoms with van der Waals surface area (Å²) in [6, 6.07) is 13.8. The van der Waals surface area contributed by atoms with Crippen LogP contribution in [0.1, 0.15) is 44.1 Å². The Labute approximate surface area is 179 Å². The van der Waals surface area contributed by atoms with Crippen LogP contribution in [-0.4, -0.2) is 37.2 Å². The number of rotatable bonds is 8. The van der Waals surface area contributed by atoms with Crippen molar-refractivity contribution in [1.29, 1.82) is 0 Å². The Morgan fingerprint density at radius 1 is 1.07 bits per heavy atom. The van der Waals surface area contributed by atoms with E-state index in [2.05, 4.69) is 52.8 Å². The smallest absolute Gasteiger partial charge is 0.0784 e. The number of hydrogen-bond donors (Lipinski definition) is 0. The second-order valence-corrected chi connectivity index (χ2v) is 9.22. The molecule has 1 aliphatic heterocycles. The number of methoxy groups -OCH3 is 1. The lowest BCUT2D eigenvalue weighted by molar-refractivity contribution is -0.000258. The fraction of sp³-hybridized carbons (Fsp3) is 0.520. The maximum Gasteiger partial charge on any atom is 0.0784 e. The molecule has 29 heavy (non-hydrogen) atoms. The van der Waals surface area contributed by atoms with Crippen LogP contribution in [-0.2, 0) is 16.1 Å². The fourth-order valence-corrected chi connectivity index (χ4v) is 5.68. The van der Waals surface area contributed by atoms with Crippen molar-refractivity contribution in [2.24, 2.45) is 5.92 Å². The van der Waals surface area contributed by atoms with Crippen LogP contribution in [0.4, 0.5) is 0 Å². The summed E-state index contributed by atoms with van der Waals surface area (Å²) in [6.45, 7) is 3.21. The Bertz CT molecular complexity index is 750. The van der Waals surface area contributed by atoms with E-state index >= 15 is 0 Å². The van der Waals surface area contributed by atoms with E-state index < -0.39 is 0 Å². The molecule has 1 saturated heterocycles. The molecule has 2 aromatic rings. The average Bonchev–Trinajstić information content (AvgIpc) is 3.44. The molecule has 0 unspecified atom stereocenters. The Hall–Kier alpha value is -1.62. The van der Waals surface area contributed by atoms with Gasteiger partial charge in [0.25, 0.3) is 0 Å². The lowest BCUT2D eigenvalue weighted by atomic mass is 9.94. The van der Waals surface area contributed by atoms with Gasteiger partial charge in [-0.3, -0.25) is 0 Å². The van der Waals surface area contributed by atoms with Gasteiger partial charge < -0.3 is 14.4 Å². The van der Waals surface area contributed by atoms with Gasteiger partial charge in [-0.25, -0.2) is 0 Å². The predicted molar refractivity (Wildman–Crippen MR) is 121 cm³/mol. The summed E-state index contributed by atoms with van der Waals surface area (Å²) < 4.78 is 11.6. The minimum Gasteiger partial charge on any atom is -0.505 e. The highest BCUT2D eigenvalue weighted by molar-refractivity contribution is 7.13. The van der Waals surface area contributed by atoms with E-state index in [1.807, 2.05) is 6.26 Å². The molecule has 2 heterocycles. The molecule has 0 N–H and O–H groups in total. The van der Waals surface area contributed by atoms with Gasteiger partial charge >= 0.3 is 0 Å². The molecule has 1 aromatic carbocycles. The fourth-order valence-electron chi connectivity index (χ4n) is 4.95. The van der Waals surface area contributed by atoms with Crippen molar-refractivity contribution in [1.82, 2.24) is 4.90 Å². The molecule has 1 saturated carbocycles. The van der Waals surface area contributed by atoms with Crippen molar-refractivity contribution >= 4 is 11.3 Å². The standard InChI is InChI=1S/C25H33NO2S/c1-27-17-5-7-22-23(26-15-3-2-4-16-26)13-14-24(22)28-19-20-9-11-21(12-10-20)25-8-6-18-29-25/h5-6,8-12,17-18,22-24H,2-4,7,13-16,19H2,1H3/t22-,23+,24+/m0/s1. The zero-order valence-corrected chi connectivity index (χ0v) is 18.3. The molecule has 1 aliphatic carbocycles. The molecule has 3 nitrogen and oxygen atoms in total. The quantitative estimate of drug-likeness (QED) is 0.489. The topological polar surface area (TPSA) is 21.7 Å². The van der Waals surface area contributed by atoms with Crippen LogP contribution in [0.5, 0.6) is 0 Å². The van der Waals surface area contributed by atoms with Crippen LogP contribution in [0.3, 0.4) is 0 Å². The number of benzene rings is 1. The first-order chi connectivity index (χ1) is 14.3. The van der Waals surface area contributed by atoms with E-state index in [1.54, 1.807) is 18.4 Å². The summed E-state index contributed by atoms with van der Waals surface area (Å²) in [5.74, 6) is 0.560. The van der Waals surface area contributed by atoms with Crippen LogP contribution in [0, 0.1) is 5.92 Å². The lowest BCUT2D eigenvalue weighted by Gasteiger charge is -2.36. The normalized spacial score (nSPS) is 25.6. The predicted octanol–water partition coefficient (Wildman–Crippen LogP) is 6.12. The number of allylic oxidation sites excluding steroid dienone is 1. The first-order valence-corrected chi connectivity index (χ1v) is 11.9. The monoisotopic (exact) mass is 411 g/mol. The second kappa shape index (κ2) is 10.4.